The minimum atomic E-state index is 0.905. The van der Waals surface area contributed by atoms with Crippen LogP contribution in [0.4, 0.5) is 0 Å². The predicted octanol–water partition coefficient (Wildman–Crippen LogP) is 0.961. The van der Waals surface area contributed by atoms with Crippen molar-refractivity contribution in [2.75, 3.05) is 13.7 Å². The van der Waals surface area contributed by atoms with Crippen molar-refractivity contribution in [3.8, 4) is 5.75 Å². The topological polar surface area (TPSA) is 52.7 Å². The van der Waals surface area contributed by atoms with Crippen molar-refractivity contribution in [3.05, 3.63) is 30.0 Å². The largest absolute Gasteiger partial charge is 0.497 e. The Hall–Kier alpha value is -1.48. The lowest BCUT2D eigenvalue weighted by molar-refractivity contribution is -0.366. The zero-order valence-corrected chi connectivity index (χ0v) is 8.34. The van der Waals surface area contributed by atoms with Crippen molar-refractivity contribution in [1.29, 1.82) is 0 Å². The van der Waals surface area contributed by atoms with Gasteiger partial charge in [0.1, 0.15) is 5.75 Å². The Balaban J connectivity index is 2.52. The van der Waals surface area contributed by atoms with Gasteiger partial charge in [0.2, 0.25) is 0 Å². The fourth-order valence-electron chi connectivity index (χ4n) is 1.68. The summed E-state index contributed by atoms with van der Waals surface area (Å²) in [5.41, 5.74) is 6.34. The first kappa shape index (κ1) is 9.09. The molecule has 1 aromatic heterocycles. The van der Waals surface area contributed by atoms with E-state index in [0.717, 1.165) is 24.2 Å². The normalized spacial score (nSPS) is 10.7. The van der Waals surface area contributed by atoms with Crippen LogP contribution in [0, 0.1) is 0 Å². The number of benzene rings is 1. The molecular weight excluding hydrogens is 176 g/mol. The van der Waals surface area contributed by atoms with Crippen LogP contribution in [0.3, 0.4) is 0 Å². The third kappa shape index (κ3) is 1.46. The predicted molar refractivity (Wildman–Crippen MR) is 56.3 cm³/mol. The Morgan fingerprint density at radius 2 is 2.29 bits per heavy atom. The lowest BCUT2D eigenvalue weighted by atomic mass is 10.1. The molecule has 0 unspecified atom stereocenters. The molecular formula is C11H15N2O+. The van der Waals surface area contributed by atoms with Gasteiger partial charge >= 0.3 is 0 Å². The third-order valence-corrected chi connectivity index (χ3v) is 2.42. The van der Waals surface area contributed by atoms with E-state index in [1.165, 1.54) is 10.9 Å². The Morgan fingerprint density at radius 1 is 1.43 bits per heavy atom. The number of H-pyrrole nitrogens is 1. The van der Waals surface area contributed by atoms with Crippen molar-refractivity contribution in [2.45, 2.75) is 6.42 Å². The van der Waals surface area contributed by atoms with E-state index in [2.05, 4.69) is 23.0 Å². The Kier molecular flexibility index (Phi) is 2.41. The van der Waals surface area contributed by atoms with Crippen molar-refractivity contribution in [3.63, 3.8) is 0 Å². The smallest absolute Gasteiger partial charge is 0.119 e. The summed E-state index contributed by atoms with van der Waals surface area (Å²) in [5.74, 6) is 0.905. The summed E-state index contributed by atoms with van der Waals surface area (Å²) in [6.45, 7) is 0.921. The number of aromatic nitrogens is 1. The molecule has 4 N–H and O–H groups in total. The van der Waals surface area contributed by atoms with Gasteiger partial charge in [-0.3, -0.25) is 0 Å². The van der Waals surface area contributed by atoms with Crippen molar-refractivity contribution >= 4 is 10.9 Å². The number of fused-ring (bicyclic) bond motifs is 1. The molecule has 0 amide bonds. The second-order valence-corrected chi connectivity index (χ2v) is 3.33. The fraction of sp³-hybridized carbons (Fsp3) is 0.273. The number of methoxy groups -OCH3 is 1. The molecule has 0 saturated heterocycles. The van der Waals surface area contributed by atoms with Gasteiger partial charge in [-0.15, -0.1) is 0 Å². The molecule has 3 heteroatoms. The number of hydrogen-bond donors (Lipinski definition) is 2. The molecule has 1 heterocycles. The minimum Gasteiger partial charge on any atom is -0.497 e. The maximum Gasteiger partial charge on any atom is 0.119 e. The standard InChI is InChI=1S/C11H14N2O/c1-14-9-2-3-11-10(6-9)8(4-5-12)7-13-11/h2-3,6-7,13H,4-5,12H2,1H3/p+1. The summed E-state index contributed by atoms with van der Waals surface area (Å²) >= 11 is 0. The molecule has 0 aliphatic carbocycles. The second-order valence-electron chi connectivity index (χ2n) is 3.33. The summed E-state index contributed by atoms with van der Waals surface area (Å²) in [6.07, 6.45) is 3.06. The molecule has 0 saturated carbocycles. The third-order valence-electron chi connectivity index (χ3n) is 2.42. The van der Waals surface area contributed by atoms with E-state index in [9.17, 15) is 0 Å². The van der Waals surface area contributed by atoms with E-state index in [4.69, 9.17) is 4.74 Å². The summed E-state index contributed by atoms with van der Waals surface area (Å²) in [4.78, 5) is 3.24. The molecule has 0 bridgehead atoms. The first-order chi connectivity index (χ1) is 6.85. The average Bonchev–Trinajstić information content (AvgIpc) is 2.61. The quantitative estimate of drug-likeness (QED) is 0.746. The Morgan fingerprint density at radius 3 is 3.00 bits per heavy atom. The van der Waals surface area contributed by atoms with E-state index < -0.39 is 0 Å². The molecule has 1 aromatic carbocycles. The maximum atomic E-state index is 5.20. The van der Waals surface area contributed by atoms with Gasteiger partial charge in [-0.1, -0.05) is 0 Å². The first-order valence-corrected chi connectivity index (χ1v) is 4.78. The van der Waals surface area contributed by atoms with Gasteiger partial charge in [0.05, 0.1) is 13.7 Å². The van der Waals surface area contributed by atoms with Crippen molar-refractivity contribution < 1.29 is 10.5 Å². The van der Waals surface area contributed by atoms with Gasteiger partial charge in [-0.25, -0.2) is 0 Å². The van der Waals surface area contributed by atoms with E-state index >= 15 is 0 Å². The van der Waals surface area contributed by atoms with Crippen molar-refractivity contribution in [1.82, 2.24) is 4.98 Å². The Bertz CT molecular complexity index is 434. The zero-order chi connectivity index (χ0) is 9.97. The highest BCUT2D eigenvalue weighted by atomic mass is 16.5. The lowest BCUT2D eigenvalue weighted by Gasteiger charge is -2.00. The molecule has 0 fully saturated rings. The summed E-state index contributed by atoms with van der Waals surface area (Å²) < 4.78 is 5.20. The number of aromatic amines is 1. The van der Waals surface area contributed by atoms with Crippen LogP contribution >= 0.6 is 0 Å². The van der Waals surface area contributed by atoms with Crippen LogP contribution in [0.15, 0.2) is 24.4 Å². The molecule has 0 atom stereocenters. The zero-order valence-electron chi connectivity index (χ0n) is 8.34. The van der Waals surface area contributed by atoms with E-state index in [1.807, 2.05) is 12.1 Å². The van der Waals surface area contributed by atoms with Crippen LogP contribution in [0.2, 0.25) is 0 Å². The maximum absolute atomic E-state index is 5.20. The van der Waals surface area contributed by atoms with Crippen LogP contribution < -0.4 is 10.5 Å². The summed E-state index contributed by atoms with van der Waals surface area (Å²) in [7, 11) is 1.69. The minimum absolute atomic E-state index is 0.905. The SMILES string of the molecule is COc1ccc2[nH]cc(CC[NH3+])c2c1. The highest BCUT2D eigenvalue weighted by Gasteiger charge is 2.04. The molecule has 74 valence electrons. The lowest BCUT2D eigenvalue weighted by Crippen LogP contribution is -2.51. The summed E-state index contributed by atoms with van der Waals surface area (Å²) in [5, 5.41) is 1.24. The average molecular weight is 191 g/mol. The van der Waals surface area contributed by atoms with Gasteiger partial charge in [-0.05, 0) is 23.8 Å². The van der Waals surface area contributed by atoms with Gasteiger partial charge in [0.25, 0.3) is 0 Å². The van der Waals surface area contributed by atoms with Gasteiger partial charge in [-0.2, -0.15) is 0 Å². The van der Waals surface area contributed by atoms with Crippen LogP contribution in [0.1, 0.15) is 5.56 Å². The molecule has 2 rings (SSSR count). The highest BCUT2D eigenvalue weighted by Crippen LogP contribution is 2.23. The van der Waals surface area contributed by atoms with Gasteiger partial charge in [0.15, 0.2) is 0 Å². The van der Waals surface area contributed by atoms with E-state index in [1.54, 1.807) is 7.11 Å². The van der Waals surface area contributed by atoms with Crippen molar-refractivity contribution in [2.24, 2.45) is 0 Å². The van der Waals surface area contributed by atoms with E-state index in [-0.39, 0.29) is 0 Å². The fourth-order valence-corrected chi connectivity index (χ4v) is 1.68. The van der Waals surface area contributed by atoms with E-state index in [0.29, 0.717) is 0 Å². The number of nitrogens with one attached hydrogen (secondary N) is 1. The van der Waals surface area contributed by atoms with Gasteiger partial charge < -0.3 is 15.5 Å². The monoisotopic (exact) mass is 191 g/mol. The number of ether oxygens (including phenoxy) is 1. The highest BCUT2D eigenvalue weighted by molar-refractivity contribution is 5.84. The number of quaternary nitrogens is 1. The van der Waals surface area contributed by atoms with Crippen LogP contribution in [0.25, 0.3) is 10.9 Å². The number of hydrogen-bond acceptors (Lipinski definition) is 1. The number of rotatable bonds is 3. The molecule has 2 aromatic rings. The van der Waals surface area contributed by atoms with Crippen LogP contribution in [-0.4, -0.2) is 18.6 Å². The molecule has 0 radical (unpaired) electrons. The molecule has 0 aliphatic heterocycles. The molecule has 0 aliphatic rings. The van der Waals surface area contributed by atoms with Gasteiger partial charge in [0, 0.05) is 23.5 Å². The van der Waals surface area contributed by atoms with Crippen LogP contribution in [0.5, 0.6) is 5.75 Å². The van der Waals surface area contributed by atoms with Crippen LogP contribution in [-0.2, 0) is 6.42 Å². The first-order valence-electron chi connectivity index (χ1n) is 4.78. The molecule has 14 heavy (non-hydrogen) atoms. The summed E-state index contributed by atoms with van der Waals surface area (Å²) in [6, 6.07) is 6.07. The molecule has 3 nitrogen and oxygen atoms in total. The molecule has 0 spiro atoms. The second kappa shape index (κ2) is 3.72. The Labute approximate surface area is 82.9 Å².